The second-order valence-electron chi connectivity index (χ2n) is 20.1. The number of hydrogen-bond acceptors (Lipinski definition) is 15. The molecular weight excluding hydrogens is 835 g/mol. The van der Waals surface area contributed by atoms with Crippen LogP contribution in [-0.4, -0.2) is 155 Å². The Labute approximate surface area is 387 Å². The number of rotatable bonds is 12. The van der Waals surface area contributed by atoms with E-state index in [1.54, 1.807) is 41.7 Å². The Balaban J connectivity index is 1.59. The molecule has 6 N–H and O–H groups in total. The van der Waals surface area contributed by atoms with Crippen LogP contribution < -0.4 is 15.4 Å². The number of anilines is 1. The van der Waals surface area contributed by atoms with Gasteiger partial charge in [0.2, 0.25) is 0 Å². The Kier molecular flexibility index (Phi) is 18.0. The Morgan fingerprint density at radius 3 is 2.11 bits per heavy atom. The Hall–Kier alpha value is -2.93. The molecule has 15 nitrogen and oxygen atoms in total. The molecule has 0 saturated carbocycles. The number of benzene rings is 2. The van der Waals surface area contributed by atoms with E-state index >= 15 is 0 Å². The summed E-state index contributed by atoms with van der Waals surface area (Å²) in [6.45, 7) is 18.4. The summed E-state index contributed by atoms with van der Waals surface area (Å²) in [6, 6.07) is 18.3. The van der Waals surface area contributed by atoms with E-state index in [9.17, 15) is 25.2 Å². The fourth-order valence-electron chi connectivity index (χ4n) is 10.3. The number of ether oxygens (including phenoxy) is 7. The minimum atomic E-state index is -1.83. The van der Waals surface area contributed by atoms with E-state index < -0.39 is 95.5 Å². The summed E-state index contributed by atoms with van der Waals surface area (Å²) >= 11 is 0. The number of nitrogens with zero attached hydrogens (tertiary/aromatic N) is 1. The van der Waals surface area contributed by atoms with Gasteiger partial charge in [-0.05, 0) is 119 Å². The van der Waals surface area contributed by atoms with E-state index in [2.05, 4.69) is 15.5 Å². The predicted molar refractivity (Wildman–Crippen MR) is 248 cm³/mol. The van der Waals surface area contributed by atoms with Gasteiger partial charge in [-0.15, -0.1) is 0 Å². The number of cyclic esters (lactones) is 1. The number of esters is 1. The van der Waals surface area contributed by atoms with Crippen molar-refractivity contribution >= 4 is 11.7 Å². The zero-order valence-electron chi connectivity index (χ0n) is 41.1. The fraction of sp³-hybridized carbons (Fsp3) is 0.740. The second kappa shape index (κ2) is 22.0. The lowest BCUT2D eigenvalue weighted by Gasteiger charge is -2.53. The molecule has 3 saturated heterocycles. The van der Waals surface area contributed by atoms with Crippen molar-refractivity contribution in [1.29, 1.82) is 0 Å². The molecule has 0 spiro atoms. The van der Waals surface area contributed by atoms with E-state index in [4.69, 9.17) is 33.2 Å². The Morgan fingerprint density at radius 1 is 0.877 bits per heavy atom. The summed E-state index contributed by atoms with van der Waals surface area (Å²) in [6.07, 6.45) is -7.05. The van der Waals surface area contributed by atoms with Crippen LogP contribution >= 0.6 is 0 Å². The topological polar surface area (TPSA) is 190 Å². The molecule has 3 heterocycles. The van der Waals surface area contributed by atoms with Crippen molar-refractivity contribution in [3.05, 3.63) is 60.7 Å². The van der Waals surface area contributed by atoms with Crippen molar-refractivity contribution in [2.75, 3.05) is 39.6 Å². The summed E-state index contributed by atoms with van der Waals surface area (Å²) in [5, 5.41) is 55.3. The van der Waals surface area contributed by atoms with Gasteiger partial charge < -0.3 is 69.1 Å². The number of carbonyl (C=O) groups is 1. The molecule has 368 valence electrons. The van der Waals surface area contributed by atoms with Gasteiger partial charge in [-0.3, -0.25) is 4.79 Å². The van der Waals surface area contributed by atoms with Gasteiger partial charge in [-0.25, -0.2) is 0 Å². The Morgan fingerprint density at radius 2 is 1.51 bits per heavy atom. The summed E-state index contributed by atoms with van der Waals surface area (Å²) in [7, 11) is 5.53. The maximum atomic E-state index is 14.6. The zero-order valence-corrected chi connectivity index (χ0v) is 41.1. The van der Waals surface area contributed by atoms with Gasteiger partial charge in [0.05, 0.1) is 42.0 Å². The quantitative estimate of drug-likeness (QED) is 0.154. The van der Waals surface area contributed by atoms with Crippen molar-refractivity contribution in [2.24, 2.45) is 17.8 Å². The number of methoxy groups -OCH3 is 1. The van der Waals surface area contributed by atoms with E-state index in [-0.39, 0.29) is 43.9 Å². The molecule has 65 heavy (non-hydrogen) atoms. The molecule has 15 heteroatoms. The second-order valence-corrected chi connectivity index (χ2v) is 20.1. The molecule has 5 rings (SSSR count). The van der Waals surface area contributed by atoms with Crippen LogP contribution in [0.25, 0.3) is 0 Å². The van der Waals surface area contributed by atoms with Gasteiger partial charge >= 0.3 is 5.97 Å². The molecule has 3 aliphatic heterocycles. The summed E-state index contributed by atoms with van der Waals surface area (Å²) in [4.78, 5) is 16.7. The minimum absolute atomic E-state index is 0.0630. The standard InChI is InChI=1S/C50H81N3O12/c1-14-39-49(10,57)43(54)34(6)51-28-30(2)26-47(8,56)44(65-46-42(62-37-23-19-16-20-24-37)38(53(11)12)25-31(3)60-46)32(4)41(33(5)45(55)63-39)64-40-27-48(9,59-13)50(58,35(7)61-40)29-52-36-21-17-15-18-22-36/h15-24,30-35,38-44,46,51-52,54,56-58H,14,25-29H2,1-13H3/t30-,31-,32+,33-,34-,35+,38+,39-,40+,41+,42-,43-,44-,46+,47-,48-,49-,50+/m1/s1. The molecule has 2 aromatic carbocycles. The highest BCUT2D eigenvalue weighted by molar-refractivity contribution is 5.73. The lowest BCUT2D eigenvalue weighted by molar-refractivity contribution is -0.334. The van der Waals surface area contributed by atoms with E-state index in [1.165, 1.54) is 6.92 Å². The SMILES string of the molecule is CC[C@H]1OC(=O)[C@H](C)[C@@H](O[C@H]2C[C@@](C)(OC)[C@](O)(CNc3ccccc3)[C@H](C)O2)[C@H](C)[C@@H](O[C@@H]2O[C@H](C)C[C@H](N(C)C)[C@H]2Oc2ccccc2)[C@](C)(O)C[C@@H](C)CN[C@H](C)[C@@H](O)[C@]1(C)O. The lowest BCUT2D eigenvalue weighted by Crippen LogP contribution is -2.69. The molecule has 3 fully saturated rings. The van der Waals surface area contributed by atoms with Gasteiger partial charge in [0, 0.05) is 37.7 Å². The van der Waals surface area contributed by atoms with Crippen molar-refractivity contribution in [1.82, 2.24) is 10.2 Å². The van der Waals surface area contributed by atoms with Gasteiger partial charge in [0.25, 0.3) is 0 Å². The monoisotopic (exact) mass is 916 g/mol. The summed E-state index contributed by atoms with van der Waals surface area (Å²) in [5.41, 5.74) is -5.32. The van der Waals surface area contributed by atoms with Gasteiger partial charge in [-0.1, -0.05) is 57.2 Å². The maximum Gasteiger partial charge on any atom is 0.311 e. The average Bonchev–Trinajstić information content (AvgIpc) is 3.26. The molecule has 3 aliphatic rings. The molecule has 0 bridgehead atoms. The number of likely N-dealkylation sites (N-methyl/N-ethyl adjacent to an activating group) is 1. The first kappa shape index (κ1) is 53.0. The molecule has 18 atom stereocenters. The third-order valence-electron chi connectivity index (χ3n) is 14.5. The third kappa shape index (κ3) is 12.2. The molecule has 0 unspecified atom stereocenters. The molecule has 0 amide bonds. The number of hydrogen-bond donors (Lipinski definition) is 6. The Bertz CT molecular complexity index is 1770. The van der Waals surface area contributed by atoms with Gasteiger partial charge in [0.1, 0.15) is 34.8 Å². The van der Waals surface area contributed by atoms with Crippen LogP contribution in [0.2, 0.25) is 0 Å². The number of aliphatic hydroxyl groups is 4. The molecule has 0 aliphatic carbocycles. The van der Waals surface area contributed by atoms with E-state index in [0.29, 0.717) is 18.7 Å². The van der Waals surface area contributed by atoms with Gasteiger partial charge in [-0.2, -0.15) is 0 Å². The van der Waals surface area contributed by atoms with Crippen LogP contribution in [0.1, 0.15) is 94.9 Å². The van der Waals surface area contributed by atoms with Crippen molar-refractivity contribution in [3.63, 3.8) is 0 Å². The van der Waals surface area contributed by atoms with Crippen molar-refractivity contribution in [3.8, 4) is 5.75 Å². The highest BCUT2D eigenvalue weighted by Crippen LogP contribution is 2.44. The van der Waals surface area contributed by atoms with Crippen LogP contribution in [0.4, 0.5) is 5.69 Å². The van der Waals surface area contributed by atoms with Crippen molar-refractivity contribution < 1.29 is 58.4 Å². The van der Waals surface area contributed by atoms with Crippen LogP contribution in [0, 0.1) is 17.8 Å². The van der Waals surface area contributed by atoms with Crippen LogP contribution in [-0.2, 0) is 33.2 Å². The summed E-state index contributed by atoms with van der Waals surface area (Å²) < 4.78 is 46.4. The number of carbonyl (C=O) groups excluding carboxylic acids is 1. The molecule has 0 radical (unpaired) electrons. The average molecular weight is 916 g/mol. The van der Waals surface area contributed by atoms with Crippen LogP contribution in [0.5, 0.6) is 5.75 Å². The first-order chi connectivity index (χ1) is 30.5. The van der Waals surface area contributed by atoms with Gasteiger partial charge in [0.15, 0.2) is 18.7 Å². The fourth-order valence-corrected chi connectivity index (χ4v) is 10.3. The van der Waals surface area contributed by atoms with Crippen LogP contribution in [0.3, 0.4) is 0 Å². The normalized spacial score (nSPS) is 42.6. The van der Waals surface area contributed by atoms with Crippen LogP contribution in [0.15, 0.2) is 60.7 Å². The lowest BCUT2D eigenvalue weighted by atomic mass is 9.75. The highest BCUT2D eigenvalue weighted by Gasteiger charge is 2.58. The zero-order chi connectivity index (χ0) is 48.1. The number of para-hydroxylation sites is 2. The minimum Gasteiger partial charge on any atom is -0.483 e. The molecule has 0 aromatic heterocycles. The first-order valence-corrected chi connectivity index (χ1v) is 23.6. The smallest absolute Gasteiger partial charge is 0.311 e. The number of nitrogens with one attached hydrogen (secondary N) is 2. The third-order valence-corrected chi connectivity index (χ3v) is 14.5. The predicted octanol–water partition coefficient (Wildman–Crippen LogP) is 5.13. The van der Waals surface area contributed by atoms with E-state index in [0.717, 1.165) is 5.69 Å². The summed E-state index contributed by atoms with van der Waals surface area (Å²) in [5.74, 6) is -2.04. The highest BCUT2D eigenvalue weighted by atomic mass is 16.7. The van der Waals surface area contributed by atoms with Crippen molar-refractivity contribution in [2.45, 2.75) is 185 Å². The largest absolute Gasteiger partial charge is 0.483 e. The molecule has 2 aromatic rings. The molecular formula is C50H81N3O12. The van der Waals surface area contributed by atoms with E-state index in [1.807, 2.05) is 102 Å². The number of aliphatic hydroxyl groups excluding tert-OH is 1. The maximum absolute atomic E-state index is 14.6. The first-order valence-electron chi connectivity index (χ1n) is 23.6.